The van der Waals surface area contributed by atoms with E-state index in [0.717, 1.165) is 0 Å². The third kappa shape index (κ3) is 5.08. The van der Waals surface area contributed by atoms with Crippen molar-refractivity contribution in [3.63, 3.8) is 0 Å². The topological polar surface area (TPSA) is 75.7 Å². The van der Waals surface area contributed by atoms with Gasteiger partial charge >= 0.3 is 6.09 Å². The fourth-order valence-corrected chi connectivity index (χ4v) is 2.05. The first-order valence-electron chi connectivity index (χ1n) is 9.77. The second kappa shape index (κ2) is 7.62. The number of ether oxygens (including phenoxy) is 1. The standard InChI is InChI=1S/C17H28N2O4/c1-7-8-9-10-12-15(21)19(16(22)23-17(4,5)6)13(11(2)3)14(20)18-12/h10-11,13H,7-9H2,1-6H3,(H,18,20)/b12-10-/t13-/m0/s1/i7D,8D,9D,10D/t7-,8+,9+,13+/m1. The molecule has 4 atom stereocenters. The van der Waals surface area contributed by atoms with Gasteiger partial charge in [-0.1, -0.05) is 33.2 Å². The van der Waals surface area contributed by atoms with Gasteiger partial charge in [-0.3, -0.25) is 9.59 Å². The monoisotopic (exact) mass is 328 g/mol. The van der Waals surface area contributed by atoms with Gasteiger partial charge in [0.05, 0.1) is 1.37 Å². The maximum absolute atomic E-state index is 12.9. The van der Waals surface area contributed by atoms with E-state index in [1.165, 1.54) is 6.92 Å². The van der Waals surface area contributed by atoms with Crippen molar-refractivity contribution < 1.29 is 24.6 Å². The van der Waals surface area contributed by atoms with Gasteiger partial charge in [0.1, 0.15) is 17.3 Å². The molecule has 0 radical (unpaired) electrons. The summed E-state index contributed by atoms with van der Waals surface area (Å²) in [7, 11) is 0. The molecule has 0 aromatic carbocycles. The molecule has 6 nitrogen and oxygen atoms in total. The molecule has 1 fully saturated rings. The number of hydrogen-bond acceptors (Lipinski definition) is 4. The summed E-state index contributed by atoms with van der Waals surface area (Å²) in [5.74, 6) is -2.02. The number of hydrogen-bond donors (Lipinski definition) is 1. The number of nitrogens with zero attached hydrogens (tertiary/aromatic N) is 1. The Labute approximate surface area is 143 Å². The van der Waals surface area contributed by atoms with Gasteiger partial charge in [0.25, 0.3) is 5.91 Å². The highest BCUT2D eigenvalue weighted by molar-refractivity contribution is 6.11. The molecule has 0 bridgehead atoms. The Morgan fingerprint density at radius 1 is 1.48 bits per heavy atom. The molecule has 3 amide bonds. The molecule has 0 aliphatic carbocycles. The lowest BCUT2D eigenvalue weighted by Gasteiger charge is -2.37. The molecule has 1 rings (SSSR count). The number of allylic oxidation sites excluding steroid dienone is 1. The van der Waals surface area contributed by atoms with Crippen molar-refractivity contribution in [3.8, 4) is 0 Å². The highest BCUT2D eigenvalue weighted by Crippen LogP contribution is 2.22. The predicted octanol–water partition coefficient (Wildman–Crippen LogP) is 2.98. The largest absolute Gasteiger partial charge is 0.443 e. The molecule has 1 heterocycles. The molecule has 0 aromatic heterocycles. The second-order valence-electron chi connectivity index (χ2n) is 6.55. The Morgan fingerprint density at radius 3 is 2.57 bits per heavy atom. The van der Waals surface area contributed by atoms with Crippen molar-refractivity contribution in [3.05, 3.63) is 11.7 Å². The molecule has 0 saturated carbocycles. The quantitative estimate of drug-likeness (QED) is 0.805. The maximum Gasteiger partial charge on any atom is 0.418 e. The molecule has 23 heavy (non-hydrogen) atoms. The van der Waals surface area contributed by atoms with Gasteiger partial charge < -0.3 is 10.1 Å². The summed E-state index contributed by atoms with van der Waals surface area (Å²) in [6, 6.07) is -1.72. The SMILES string of the molecule is [2H]/C(=C1/NC(=O)[C@H](C(C)C)N(C(=O)OC(C)(C)C)C1=O)[C@@H]([2H])[C@@H]([2H])[C@H]([2H])C. The van der Waals surface area contributed by atoms with Gasteiger partial charge in [-0.25, -0.2) is 9.69 Å². The smallest absolute Gasteiger partial charge is 0.418 e. The van der Waals surface area contributed by atoms with Crippen LogP contribution in [0.25, 0.3) is 0 Å². The third-order valence-electron chi connectivity index (χ3n) is 2.97. The second-order valence-corrected chi connectivity index (χ2v) is 6.55. The van der Waals surface area contributed by atoms with Crippen molar-refractivity contribution in [2.45, 2.75) is 72.4 Å². The molecule has 1 aliphatic rings. The Hall–Kier alpha value is -1.85. The van der Waals surface area contributed by atoms with E-state index < -0.39 is 66.4 Å². The minimum atomic E-state index is -1.52. The average molecular weight is 328 g/mol. The number of carbonyl (C=O) groups is 3. The lowest BCUT2D eigenvalue weighted by Crippen LogP contribution is -2.61. The van der Waals surface area contributed by atoms with Gasteiger partial charge in [-0.2, -0.15) is 0 Å². The summed E-state index contributed by atoms with van der Waals surface area (Å²) < 4.78 is 36.6. The molecule has 1 N–H and O–H groups in total. The highest BCUT2D eigenvalue weighted by atomic mass is 16.6. The summed E-state index contributed by atoms with van der Waals surface area (Å²) >= 11 is 0. The summed E-state index contributed by atoms with van der Waals surface area (Å²) in [5, 5.41) is 2.31. The van der Waals surface area contributed by atoms with Crippen molar-refractivity contribution in [2.75, 3.05) is 0 Å². The summed E-state index contributed by atoms with van der Waals surface area (Å²) in [6.45, 7) is 9.60. The van der Waals surface area contributed by atoms with Crippen LogP contribution in [0.3, 0.4) is 0 Å². The molecular weight excluding hydrogens is 296 g/mol. The van der Waals surface area contributed by atoms with Crippen LogP contribution >= 0.6 is 0 Å². The van der Waals surface area contributed by atoms with Crippen LogP contribution in [-0.2, 0) is 14.3 Å². The van der Waals surface area contributed by atoms with Gasteiger partial charge in [0, 0.05) is 4.11 Å². The van der Waals surface area contributed by atoms with Crippen LogP contribution in [0.4, 0.5) is 4.79 Å². The van der Waals surface area contributed by atoms with E-state index >= 15 is 0 Å². The zero-order valence-corrected chi connectivity index (χ0v) is 14.5. The molecular formula is C17H28N2O4. The van der Waals surface area contributed by atoms with Crippen LogP contribution in [0, 0.1) is 5.92 Å². The fraction of sp³-hybridized carbons (Fsp3) is 0.706. The maximum atomic E-state index is 12.9. The molecule has 0 unspecified atom stereocenters. The van der Waals surface area contributed by atoms with Gasteiger partial charge in [0.15, 0.2) is 0 Å². The first kappa shape index (κ1) is 13.6. The number of imide groups is 1. The molecule has 130 valence electrons. The fourth-order valence-electron chi connectivity index (χ4n) is 2.05. The zero-order valence-electron chi connectivity index (χ0n) is 18.5. The minimum Gasteiger partial charge on any atom is -0.443 e. The molecule has 6 heteroatoms. The van der Waals surface area contributed by atoms with E-state index in [9.17, 15) is 14.4 Å². The van der Waals surface area contributed by atoms with Crippen molar-refractivity contribution in [2.24, 2.45) is 5.92 Å². The lowest BCUT2D eigenvalue weighted by molar-refractivity contribution is -0.143. The van der Waals surface area contributed by atoms with Crippen LogP contribution in [-0.4, -0.2) is 34.5 Å². The molecule has 1 saturated heterocycles. The number of carbonyl (C=O) groups excluding carboxylic acids is 3. The van der Waals surface area contributed by atoms with E-state index in [4.69, 9.17) is 10.2 Å². The highest BCUT2D eigenvalue weighted by Gasteiger charge is 2.44. The van der Waals surface area contributed by atoms with Crippen LogP contribution in [0.1, 0.15) is 66.2 Å². The van der Waals surface area contributed by atoms with Crippen LogP contribution in [0.5, 0.6) is 0 Å². The van der Waals surface area contributed by atoms with E-state index in [0.29, 0.717) is 4.90 Å². The Balaban J connectivity index is 3.37. The van der Waals surface area contributed by atoms with Gasteiger partial charge in [0.2, 0.25) is 5.91 Å². The number of piperazine rings is 1. The summed E-state index contributed by atoms with van der Waals surface area (Å²) in [4.78, 5) is 38.7. The van der Waals surface area contributed by atoms with E-state index in [2.05, 4.69) is 5.32 Å². The number of amides is 3. The molecule has 0 spiro atoms. The normalized spacial score (nSPS) is 28.0. The predicted molar refractivity (Wildman–Crippen MR) is 87.5 cm³/mol. The first-order valence-corrected chi connectivity index (χ1v) is 7.54. The van der Waals surface area contributed by atoms with Gasteiger partial charge in [-0.15, -0.1) is 0 Å². The van der Waals surface area contributed by atoms with E-state index in [1.807, 2.05) is 0 Å². The van der Waals surface area contributed by atoms with Crippen molar-refractivity contribution in [1.29, 1.82) is 0 Å². The van der Waals surface area contributed by atoms with Crippen molar-refractivity contribution in [1.82, 2.24) is 10.2 Å². The Bertz CT molecular complexity index is 643. The van der Waals surface area contributed by atoms with E-state index in [1.54, 1.807) is 34.6 Å². The van der Waals surface area contributed by atoms with Crippen LogP contribution in [0.15, 0.2) is 11.7 Å². The van der Waals surface area contributed by atoms with Crippen molar-refractivity contribution >= 4 is 17.9 Å². The Morgan fingerprint density at radius 2 is 2.09 bits per heavy atom. The molecule has 0 aromatic rings. The summed E-state index contributed by atoms with van der Waals surface area (Å²) in [6.07, 6.45) is -4.78. The van der Waals surface area contributed by atoms with E-state index in [-0.39, 0.29) is 0 Å². The zero-order chi connectivity index (χ0) is 21.3. The number of rotatable bonds is 4. The lowest BCUT2D eigenvalue weighted by atomic mass is 9.98. The third-order valence-corrected chi connectivity index (χ3v) is 2.97. The van der Waals surface area contributed by atoms with Crippen LogP contribution < -0.4 is 5.32 Å². The summed E-state index contributed by atoms with van der Waals surface area (Å²) in [5.41, 5.74) is -1.42. The average Bonchev–Trinajstić information content (AvgIpc) is 2.51. The van der Waals surface area contributed by atoms with Gasteiger partial charge in [-0.05, 0) is 39.5 Å². The number of nitrogens with one attached hydrogen (secondary N) is 1. The first-order chi connectivity index (χ1) is 12.2. The molecule has 1 aliphatic heterocycles. The minimum absolute atomic E-state index is 0.402. The van der Waals surface area contributed by atoms with Crippen LogP contribution in [0.2, 0.25) is 0 Å². The Kier molecular flexibility index (Phi) is 4.50.